The molecule has 2 aromatic carbocycles. The van der Waals surface area contributed by atoms with E-state index in [9.17, 15) is 5.26 Å². The van der Waals surface area contributed by atoms with Crippen LogP contribution in [0.2, 0.25) is 5.02 Å². The van der Waals surface area contributed by atoms with E-state index >= 15 is 8.78 Å². The van der Waals surface area contributed by atoms with Crippen molar-refractivity contribution in [1.29, 1.82) is 5.26 Å². The van der Waals surface area contributed by atoms with Crippen LogP contribution >= 0.6 is 30.9 Å². The van der Waals surface area contributed by atoms with Crippen LogP contribution in [0.4, 0.5) is 25.4 Å². The molecule has 3 aliphatic rings. The Morgan fingerprint density at radius 1 is 1.20 bits per heavy atom. The van der Waals surface area contributed by atoms with Gasteiger partial charge < -0.3 is 30.6 Å². The van der Waals surface area contributed by atoms with E-state index in [1.807, 2.05) is 24.0 Å². The minimum absolute atomic E-state index is 0.00883. The van der Waals surface area contributed by atoms with Crippen LogP contribution in [0.5, 0.6) is 11.8 Å². The zero-order chi connectivity index (χ0) is 38.6. The number of pyridine rings is 1. The fourth-order valence-electron chi connectivity index (χ4n) is 8.48. The summed E-state index contributed by atoms with van der Waals surface area (Å²) in [6, 6.07) is 8.00. The van der Waals surface area contributed by atoms with E-state index in [2.05, 4.69) is 29.3 Å². The Bertz CT molecular complexity index is 2340. The van der Waals surface area contributed by atoms with Crippen molar-refractivity contribution in [3.8, 4) is 29.0 Å². The summed E-state index contributed by atoms with van der Waals surface area (Å²) in [5.41, 5.74) is 13.0. The number of nitrogens with two attached hydrogens (primary N) is 2. The van der Waals surface area contributed by atoms with E-state index in [1.165, 1.54) is 18.3 Å². The molecule has 16 heteroatoms. The van der Waals surface area contributed by atoms with Crippen LogP contribution < -0.4 is 25.8 Å². The van der Waals surface area contributed by atoms with E-state index in [-0.39, 0.29) is 91.7 Å². The molecule has 0 aliphatic carbocycles. The standard InChI is InChI=1S/C39H42ClF2N8O3PS/c1-21(23-7-4-11-46-35(23)44)50-13-15-52-33-29-32(31(42)28(30(33)40)24-8-9-26(41)34-27(24)25(18-43)36(45)55-34)47-38(48-37(29)50)53-20-39-10-5-12-49(39)19-22(17-39)51-14-6-16-54(2)3/h4,7-9,11,21-22H,5-6,10,12-17,19-20,45H2,1-3H3,(H2,44,46). The number of ether oxygens (including phenoxy) is 3. The van der Waals surface area contributed by atoms with Gasteiger partial charge in [-0.15, -0.1) is 19.3 Å². The first kappa shape index (κ1) is 37.8. The summed E-state index contributed by atoms with van der Waals surface area (Å²) >= 11 is 8.04. The highest BCUT2D eigenvalue weighted by atomic mass is 35.5. The lowest BCUT2D eigenvalue weighted by molar-refractivity contribution is 0.0572. The van der Waals surface area contributed by atoms with Crippen molar-refractivity contribution < 1.29 is 23.0 Å². The van der Waals surface area contributed by atoms with Gasteiger partial charge in [-0.1, -0.05) is 23.7 Å². The average molecular weight is 807 g/mol. The number of rotatable bonds is 11. The maximum atomic E-state index is 17.5. The van der Waals surface area contributed by atoms with E-state index in [0.717, 1.165) is 62.3 Å². The molecule has 2 saturated heterocycles. The van der Waals surface area contributed by atoms with Crippen molar-refractivity contribution in [1.82, 2.24) is 19.9 Å². The molecule has 3 unspecified atom stereocenters. The summed E-state index contributed by atoms with van der Waals surface area (Å²) in [5.74, 6) is -0.501. The molecule has 3 aromatic heterocycles. The Morgan fingerprint density at radius 3 is 2.82 bits per heavy atom. The number of hydrogen-bond donors (Lipinski definition) is 2. The van der Waals surface area contributed by atoms with Crippen LogP contribution in [0.15, 0.2) is 30.5 Å². The summed E-state index contributed by atoms with van der Waals surface area (Å²) in [6.07, 6.45) is 6.76. The van der Waals surface area contributed by atoms with E-state index in [4.69, 9.17) is 47.2 Å². The van der Waals surface area contributed by atoms with Gasteiger partial charge in [0.1, 0.15) is 47.3 Å². The predicted octanol–water partition coefficient (Wildman–Crippen LogP) is 7.97. The van der Waals surface area contributed by atoms with Gasteiger partial charge in [0.25, 0.3) is 0 Å². The third kappa shape index (κ3) is 6.68. The van der Waals surface area contributed by atoms with Gasteiger partial charge in [-0.3, -0.25) is 4.90 Å². The van der Waals surface area contributed by atoms with Crippen molar-refractivity contribution >= 4 is 68.5 Å². The first-order valence-electron chi connectivity index (χ1n) is 18.4. The molecule has 8 rings (SSSR count). The number of hydrogen-bond acceptors (Lipinski definition) is 12. The number of benzene rings is 2. The summed E-state index contributed by atoms with van der Waals surface area (Å²) in [6.45, 7) is 9.84. The van der Waals surface area contributed by atoms with Gasteiger partial charge in [0.15, 0.2) is 11.6 Å². The van der Waals surface area contributed by atoms with Crippen LogP contribution in [0.25, 0.3) is 32.1 Å². The molecule has 6 heterocycles. The second-order valence-electron chi connectivity index (χ2n) is 14.7. The lowest BCUT2D eigenvalue weighted by Crippen LogP contribution is -2.43. The number of aromatic nitrogens is 3. The fourth-order valence-corrected chi connectivity index (χ4v) is 10.5. The third-order valence-electron chi connectivity index (χ3n) is 11.1. The van der Waals surface area contributed by atoms with Crippen LogP contribution in [0, 0.1) is 23.0 Å². The molecule has 0 bridgehead atoms. The molecule has 0 radical (unpaired) electrons. The highest BCUT2D eigenvalue weighted by Crippen LogP contribution is 2.51. The van der Waals surface area contributed by atoms with Gasteiger partial charge >= 0.3 is 6.01 Å². The highest BCUT2D eigenvalue weighted by molar-refractivity contribution is 7.55. The monoisotopic (exact) mass is 806 g/mol. The van der Waals surface area contributed by atoms with Gasteiger partial charge in [-0.05, 0) is 76.3 Å². The summed E-state index contributed by atoms with van der Waals surface area (Å²) < 4.78 is 52.0. The fraction of sp³-hybridized carbons (Fsp3) is 0.436. The van der Waals surface area contributed by atoms with E-state index in [1.54, 1.807) is 6.20 Å². The van der Waals surface area contributed by atoms with Crippen molar-refractivity contribution in [2.24, 2.45) is 0 Å². The normalized spacial score (nSPS) is 20.2. The number of halogens is 3. The second-order valence-corrected chi connectivity index (χ2v) is 18.8. The molecule has 4 N–H and O–H groups in total. The maximum absolute atomic E-state index is 17.5. The van der Waals surface area contributed by atoms with Crippen LogP contribution in [-0.2, 0) is 4.74 Å². The molecule has 0 spiro atoms. The Morgan fingerprint density at radius 2 is 2.04 bits per heavy atom. The molecule has 3 aliphatic heterocycles. The molecule has 0 saturated carbocycles. The topological polar surface area (TPSA) is 149 Å². The predicted molar refractivity (Wildman–Crippen MR) is 216 cm³/mol. The van der Waals surface area contributed by atoms with Gasteiger partial charge in [0, 0.05) is 35.9 Å². The lowest BCUT2D eigenvalue weighted by atomic mass is 9.94. The molecule has 0 amide bonds. The van der Waals surface area contributed by atoms with Crippen LogP contribution in [0.1, 0.15) is 49.8 Å². The Balaban J connectivity index is 1.25. The SMILES string of the molecule is CC(c1cccnc1N)N1CCOc2c(Cl)c(-c3ccc(F)c4sc(N)c(C#N)c34)c(F)c3nc(OCC45CCCN4CC(OCCCP(C)C)C5)nc1c23. The first-order chi connectivity index (χ1) is 26.5. The maximum Gasteiger partial charge on any atom is 0.319 e. The van der Waals surface area contributed by atoms with Gasteiger partial charge in [-0.2, -0.15) is 15.2 Å². The third-order valence-corrected chi connectivity index (χ3v) is 13.7. The zero-order valence-electron chi connectivity index (χ0n) is 30.9. The van der Waals surface area contributed by atoms with E-state index in [0.29, 0.717) is 24.8 Å². The number of thiophene rings is 1. The Labute approximate surface area is 328 Å². The molecule has 5 aromatic rings. The first-order valence-corrected chi connectivity index (χ1v) is 22.0. The molecule has 2 fully saturated rings. The second kappa shape index (κ2) is 15.1. The number of nitrogens with zero attached hydrogens (tertiary/aromatic N) is 6. The van der Waals surface area contributed by atoms with Gasteiger partial charge in [0.2, 0.25) is 0 Å². The van der Waals surface area contributed by atoms with Crippen molar-refractivity contribution in [2.45, 2.75) is 50.3 Å². The van der Waals surface area contributed by atoms with E-state index < -0.39 is 11.6 Å². The van der Waals surface area contributed by atoms with Crippen molar-refractivity contribution in [3.05, 3.63) is 58.2 Å². The smallest absolute Gasteiger partial charge is 0.319 e. The molecular formula is C39H42ClF2N8O3PS. The van der Waals surface area contributed by atoms with Crippen LogP contribution in [0.3, 0.4) is 0 Å². The average Bonchev–Trinajstić information content (AvgIpc) is 3.78. The number of anilines is 3. The molecule has 55 heavy (non-hydrogen) atoms. The largest absolute Gasteiger partial charge is 0.489 e. The quantitative estimate of drug-likeness (QED) is 0.0989. The van der Waals surface area contributed by atoms with Crippen molar-refractivity contribution in [3.63, 3.8) is 0 Å². The summed E-state index contributed by atoms with van der Waals surface area (Å²) in [4.78, 5) is 18.4. The molecule has 288 valence electrons. The summed E-state index contributed by atoms with van der Waals surface area (Å²) in [7, 11) is 0.0431. The summed E-state index contributed by atoms with van der Waals surface area (Å²) in [5, 5.41) is 10.5. The highest BCUT2D eigenvalue weighted by Gasteiger charge is 2.49. The lowest BCUT2D eigenvalue weighted by Gasteiger charge is -2.32. The Kier molecular flexibility index (Phi) is 10.4. The van der Waals surface area contributed by atoms with Crippen LogP contribution in [-0.4, -0.2) is 90.4 Å². The minimum Gasteiger partial charge on any atom is -0.489 e. The van der Waals surface area contributed by atoms with Crippen molar-refractivity contribution in [2.75, 3.05) is 75.3 Å². The Hall–Kier alpha value is -4.12. The molecule has 11 nitrogen and oxygen atoms in total. The number of fused-ring (bicyclic) bond motifs is 2. The number of nitriles is 1. The molecular weight excluding hydrogens is 765 g/mol. The molecule has 3 atom stereocenters. The van der Waals surface area contributed by atoms with Gasteiger partial charge in [0.05, 0.1) is 44.9 Å². The van der Waals surface area contributed by atoms with Gasteiger partial charge in [-0.25, -0.2) is 13.8 Å². The minimum atomic E-state index is -0.796. The zero-order valence-corrected chi connectivity index (χ0v) is 33.3. The number of nitrogen functional groups attached to an aromatic ring is 2.